The quantitative estimate of drug-likeness (QED) is 0.453. The van der Waals surface area contributed by atoms with Crippen molar-refractivity contribution in [3.8, 4) is 0 Å². The SMILES string of the molecule is CCP(=O)(OC(C)(C)C)c1ccccc1C(=O)OOC(C)(C)C. The van der Waals surface area contributed by atoms with Crippen molar-refractivity contribution in [3.05, 3.63) is 29.8 Å². The summed E-state index contributed by atoms with van der Waals surface area (Å²) in [5.74, 6) is -0.679. The van der Waals surface area contributed by atoms with Gasteiger partial charge in [0.1, 0.15) is 5.60 Å². The molecule has 0 aliphatic rings. The molecule has 1 aromatic carbocycles. The van der Waals surface area contributed by atoms with Crippen LogP contribution in [-0.2, 0) is 18.9 Å². The van der Waals surface area contributed by atoms with Crippen LogP contribution in [0.25, 0.3) is 0 Å². The van der Waals surface area contributed by atoms with Crippen molar-refractivity contribution < 1.29 is 23.7 Å². The molecule has 5 nitrogen and oxygen atoms in total. The molecule has 0 radical (unpaired) electrons. The standard InChI is InChI=1S/C17H27O5P/c1-8-23(19,22-17(5,6)7)14-12-10-9-11-13(14)15(18)20-21-16(2,3)4/h9-12H,8H2,1-7H3. The molecule has 0 N–H and O–H groups in total. The van der Waals surface area contributed by atoms with Gasteiger partial charge >= 0.3 is 5.97 Å². The summed E-state index contributed by atoms with van der Waals surface area (Å²) >= 11 is 0. The average molecular weight is 342 g/mol. The second-order valence-corrected chi connectivity index (χ2v) is 9.92. The lowest BCUT2D eigenvalue weighted by Crippen LogP contribution is -2.27. The first-order valence-electron chi connectivity index (χ1n) is 7.67. The van der Waals surface area contributed by atoms with Gasteiger partial charge in [-0.2, -0.15) is 4.89 Å². The molecule has 0 aliphatic heterocycles. The molecule has 1 unspecified atom stereocenters. The first-order chi connectivity index (χ1) is 10.4. The molecule has 1 atom stereocenters. The Morgan fingerprint density at radius 2 is 1.61 bits per heavy atom. The van der Waals surface area contributed by atoms with E-state index in [9.17, 15) is 9.36 Å². The number of hydrogen-bond acceptors (Lipinski definition) is 5. The van der Waals surface area contributed by atoms with Gasteiger partial charge in [-0.3, -0.25) is 9.45 Å². The Morgan fingerprint density at radius 1 is 1.04 bits per heavy atom. The van der Waals surface area contributed by atoms with Gasteiger partial charge in [-0.1, -0.05) is 19.1 Å². The Labute approximate surface area is 138 Å². The van der Waals surface area contributed by atoms with E-state index in [2.05, 4.69) is 0 Å². The van der Waals surface area contributed by atoms with Gasteiger partial charge in [-0.25, -0.2) is 4.79 Å². The molecule has 0 bridgehead atoms. The molecular weight excluding hydrogens is 315 g/mol. The zero-order valence-corrected chi connectivity index (χ0v) is 15.9. The second-order valence-electron chi connectivity index (χ2n) is 7.28. The van der Waals surface area contributed by atoms with Gasteiger partial charge in [0.2, 0.25) is 7.37 Å². The highest BCUT2D eigenvalue weighted by Crippen LogP contribution is 2.49. The van der Waals surface area contributed by atoms with Crippen LogP contribution < -0.4 is 5.30 Å². The predicted octanol–water partition coefficient (Wildman–Crippen LogP) is 4.31. The van der Waals surface area contributed by atoms with Crippen LogP contribution in [0.3, 0.4) is 0 Å². The third-order valence-electron chi connectivity index (χ3n) is 2.70. The summed E-state index contributed by atoms with van der Waals surface area (Å²) in [6.07, 6.45) is 0.286. The third-order valence-corrected chi connectivity index (χ3v) is 5.50. The number of carbonyl (C=O) groups is 1. The number of benzene rings is 1. The first-order valence-corrected chi connectivity index (χ1v) is 9.48. The van der Waals surface area contributed by atoms with Crippen molar-refractivity contribution >= 4 is 18.6 Å². The summed E-state index contributed by atoms with van der Waals surface area (Å²) in [4.78, 5) is 22.3. The van der Waals surface area contributed by atoms with Crippen LogP contribution in [-0.4, -0.2) is 23.3 Å². The van der Waals surface area contributed by atoms with E-state index in [1.807, 2.05) is 20.8 Å². The number of carbonyl (C=O) groups excluding carboxylic acids is 1. The molecule has 130 valence electrons. The van der Waals surface area contributed by atoms with E-state index in [4.69, 9.17) is 14.3 Å². The zero-order chi connectivity index (χ0) is 17.9. The highest BCUT2D eigenvalue weighted by molar-refractivity contribution is 7.67. The van der Waals surface area contributed by atoms with Gasteiger partial charge in [0.05, 0.1) is 16.5 Å². The lowest BCUT2D eigenvalue weighted by molar-refractivity contribution is -0.301. The molecular formula is C17H27O5P. The Hall–Kier alpha value is -1.16. The molecule has 23 heavy (non-hydrogen) atoms. The molecule has 6 heteroatoms. The monoisotopic (exact) mass is 342 g/mol. The number of hydrogen-bond donors (Lipinski definition) is 0. The Kier molecular flexibility index (Phi) is 6.19. The predicted molar refractivity (Wildman–Crippen MR) is 91.3 cm³/mol. The van der Waals surface area contributed by atoms with Crippen LogP contribution in [0, 0.1) is 0 Å². The van der Waals surface area contributed by atoms with Gasteiger partial charge in [0.15, 0.2) is 0 Å². The van der Waals surface area contributed by atoms with E-state index in [0.717, 1.165) is 0 Å². The van der Waals surface area contributed by atoms with Crippen LogP contribution in [0.5, 0.6) is 0 Å². The van der Waals surface area contributed by atoms with Crippen molar-refractivity contribution in [3.63, 3.8) is 0 Å². The lowest BCUT2D eigenvalue weighted by Gasteiger charge is -2.28. The zero-order valence-electron chi connectivity index (χ0n) is 15.0. The van der Waals surface area contributed by atoms with Crippen LogP contribution >= 0.6 is 7.37 Å². The van der Waals surface area contributed by atoms with E-state index in [-0.39, 0.29) is 11.7 Å². The van der Waals surface area contributed by atoms with E-state index in [0.29, 0.717) is 5.30 Å². The van der Waals surface area contributed by atoms with Gasteiger partial charge in [-0.05, 0) is 53.7 Å². The third kappa shape index (κ3) is 6.09. The molecule has 0 saturated carbocycles. The minimum absolute atomic E-state index is 0.200. The fourth-order valence-corrected chi connectivity index (χ4v) is 4.18. The Morgan fingerprint density at radius 3 is 2.09 bits per heavy atom. The lowest BCUT2D eigenvalue weighted by atomic mass is 10.2. The molecule has 0 amide bonds. The Balaban J connectivity index is 3.18. The second kappa shape index (κ2) is 7.16. The Bertz CT molecular complexity index is 596. The molecule has 0 heterocycles. The summed E-state index contributed by atoms with van der Waals surface area (Å²) < 4.78 is 19.1. The maximum absolute atomic E-state index is 13.3. The number of rotatable bonds is 5. The minimum Gasteiger partial charge on any atom is -0.319 e. The van der Waals surface area contributed by atoms with Crippen LogP contribution in [0.1, 0.15) is 58.8 Å². The molecule has 0 aliphatic carbocycles. The summed E-state index contributed by atoms with van der Waals surface area (Å²) in [6, 6.07) is 6.63. The van der Waals surface area contributed by atoms with E-state index >= 15 is 0 Å². The van der Waals surface area contributed by atoms with Crippen LogP contribution in [0.2, 0.25) is 0 Å². The highest BCUT2D eigenvalue weighted by atomic mass is 31.2. The maximum Gasteiger partial charge on any atom is 0.373 e. The maximum atomic E-state index is 13.3. The van der Waals surface area contributed by atoms with Crippen molar-refractivity contribution in [1.82, 2.24) is 0 Å². The summed E-state index contributed by atoms with van der Waals surface area (Å²) in [6.45, 7) is 12.6. The van der Waals surface area contributed by atoms with Gasteiger partial charge in [0.25, 0.3) is 0 Å². The molecule has 0 fully saturated rings. The summed E-state index contributed by atoms with van der Waals surface area (Å²) in [5.41, 5.74) is -1.02. The van der Waals surface area contributed by atoms with Gasteiger partial charge < -0.3 is 4.52 Å². The summed E-state index contributed by atoms with van der Waals surface area (Å²) in [5, 5.41) is 0.361. The van der Waals surface area contributed by atoms with E-state index < -0.39 is 24.5 Å². The van der Waals surface area contributed by atoms with E-state index in [1.54, 1.807) is 52.0 Å². The normalized spacial score (nSPS) is 15.1. The van der Waals surface area contributed by atoms with Crippen molar-refractivity contribution in [2.45, 2.75) is 59.7 Å². The molecule has 0 spiro atoms. The summed E-state index contributed by atoms with van der Waals surface area (Å²) in [7, 11) is -3.19. The fraction of sp³-hybridized carbons (Fsp3) is 0.588. The van der Waals surface area contributed by atoms with Crippen molar-refractivity contribution in [2.75, 3.05) is 6.16 Å². The van der Waals surface area contributed by atoms with Gasteiger partial charge in [-0.15, -0.1) is 0 Å². The highest BCUT2D eigenvalue weighted by Gasteiger charge is 2.34. The minimum atomic E-state index is -3.19. The molecule has 0 saturated heterocycles. The van der Waals surface area contributed by atoms with Crippen molar-refractivity contribution in [2.24, 2.45) is 0 Å². The average Bonchev–Trinajstić information content (AvgIpc) is 2.42. The smallest absolute Gasteiger partial charge is 0.319 e. The van der Waals surface area contributed by atoms with Crippen LogP contribution in [0.4, 0.5) is 0 Å². The molecule has 1 rings (SSSR count). The van der Waals surface area contributed by atoms with E-state index in [1.165, 1.54) is 0 Å². The largest absolute Gasteiger partial charge is 0.373 e. The van der Waals surface area contributed by atoms with Crippen LogP contribution in [0.15, 0.2) is 24.3 Å². The van der Waals surface area contributed by atoms with Gasteiger partial charge in [0, 0.05) is 6.16 Å². The molecule has 0 aromatic heterocycles. The fourth-order valence-electron chi connectivity index (χ4n) is 1.88. The molecule has 1 aromatic rings. The topological polar surface area (TPSA) is 61.8 Å². The van der Waals surface area contributed by atoms with Crippen molar-refractivity contribution in [1.29, 1.82) is 0 Å². The first kappa shape index (κ1) is 19.9.